The zero-order valence-corrected chi connectivity index (χ0v) is 16.2. The fourth-order valence-electron chi connectivity index (χ4n) is 4.00. The van der Waals surface area contributed by atoms with E-state index < -0.39 is 5.54 Å². The third-order valence-electron chi connectivity index (χ3n) is 5.38. The summed E-state index contributed by atoms with van der Waals surface area (Å²) in [6, 6.07) is 15.9. The van der Waals surface area contributed by atoms with Crippen molar-refractivity contribution in [3.05, 3.63) is 59.7 Å². The number of likely N-dealkylation sites (tertiary alicyclic amines) is 1. The van der Waals surface area contributed by atoms with E-state index in [1.54, 1.807) is 14.2 Å². The average molecular weight is 369 g/mol. The molecule has 1 fully saturated rings. The summed E-state index contributed by atoms with van der Waals surface area (Å²) >= 11 is 0. The van der Waals surface area contributed by atoms with Crippen LogP contribution in [-0.2, 0) is 22.5 Å². The highest BCUT2D eigenvalue weighted by atomic mass is 16.5. The van der Waals surface area contributed by atoms with Gasteiger partial charge < -0.3 is 14.2 Å². The monoisotopic (exact) mass is 369 g/mol. The fraction of sp³-hybridized carbons (Fsp3) is 0.409. The van der Waals surface area contributed by atoms with Crippen LogP contribution >= 0.6 is 0 Å². The van der Waals surface area contributed by atoms with Crippen LogP contribution in [0.2, 0.25) is 0 Å². The lowest BCUT2D eigenvalue weighted by Gasteiger charge is -2.36. The minimum Gasteiger partial charge on any atom is -0.497 e. The number of ether oxygens (including phenoxy) is 3. The maximum absolute atomic E-state index is 13.0. The summed E-state index contributed by atoms with van der Waals surface area (Å²) < 4.78 is 16.2. The van der Waals surface area contributed by atoms with Gasteiger partial charge in [0.15, 0.2) is 0 Å². The molecule has 5 nitrogen and oxygen atoms in total. The normalized spacial score (nSPS) is 19.7. The Morgan fingerprint density at radius 3 is 2.52 bits per heavy atom. The molecule has 144 valence electrons. The first kappa shape index (κ1) is 19.2. The highest BCUT2D eigenvalue weighted by Gasteiger charge is 2.48. The molecule has 0 N–H and O–H groups in total. The predicted molar refractivity (Wildman–Crippen MR) is 104 cm³/mol. The van der Waals surface area contributed by atoms with Gasteiger partial charge in [-0.15, -0.1) is 0 Å². The van der Waals surface area contributed by atoms with Crippen LogP contribution in [0.5, 0.6) is 11.5 Å². The van der Waals surface area contributed by atoms with Crippen molar-refractivity contribution in [2.45, 2.75) is 31.3 Å². The number of nitrogens with zero attached hydrogens (tertiary/aromatic N) is 1. The van der Waals surface area contributed by atoms with Gasteiger partial charge >= 0.3 is 5.97 Å². The first-order valence-corrected chi connectivity index (χ1v) is 9.21. The van der Waals surface area contributed by atoms with Crippen molar-refractivity contribution in [3.63, 3.8) is 0 Å². The Morgan fingerprint density at radius 2 is 1.85 bits per heavy atom. The van der Waals surface area contributed by atoms with E-state index in [2.05, 4.69) is 17.0 Å². The Kier molecular flexibility index (Phi) is 6.01. The van der Waals surface area contributed by atoms with E-state index in [0.717, 1.165) is 36.4 Å². The summed E-state index contributed by atoms with van der Waals surface area (Å²) in [5.41, 5.74) is 1.43. The zero-order valence-electron chi connectivity index (χ0n) is 16.2. The quantitative estimate of drug-likeness (QED) is 0.700. The molecule has 5 heteroatoms. The second-order valence-corrected chi connectivity index (χ2v) is 6.89. The zero-order chi connectivity index (χ0) is 19.3. The Morgan fingerprint density at radius 1 is 1.07 bits per heavy atom. The Bertz CT molecular complexity index is 777. The van der Waals surface area contributed by atoms with Gasteiger partial charge in [-0.25, -0.2) is 0 Å². The molecule has 0 saturated carbocycles. The summed E-state index contributed by atoms with van der Waals surface area (Å²) in [7, 11) is 4.75. The summed E-state index contributed by atoms with van der Waals surface area (Å²) in [5, 5.41) is 0. The van der Waals surface area contributed by atoms with E-state index in [0.29, 0.717) is 13.0 Å². The lowest BCUT2D eigenvalue weighted by molar-refractivity contribution is -0.154. The molecule has 1 atom stereocenters. The van der Waals surface area contributed by atoms with Crippen LogP contribution < -0.4 is 9.47 Å². The van der Waals surface area contributed by atoms with Crippen molar-refractivity contribution in [1.29, 1.82) is 0 Å². The van der Waals surface area contributed by atoms with E-state index in [-0.39, 0.29) is 5.97 Å². The summed E-state index contributed by atoms with van der Waals surface area (Å²) in [6.45, 7) is 1.57. The smallest absolute Gasteiger partial charge is 0.326 e. The Balaban J connectivity index is 1.96. The molecule has 1 aliphatic heterocycles. The van der Waals surface area contributed by atoms with Crippen molar-refractivity contribution in [1.82, 2.24) is 4.90 Å². The van der Waals surface area contributed by atoms with Crippen molar-refractivity contribution >= 4 is 5.97 Å². The largest absolute Gasteiger partial charge is 0.497 e. The van der Waals surface area contributed by atoms with Gasteiger partial charge in [-0.3, -0.25) is 9.69 Å². The van der Waals surface area contributed by atoms with E-state index in [1.165, 1.54) is 12.7 Å². The number of carbonyl (C=O) groups excluding carboxylic acids is 1. The van der Waals surface area contributed by atoms with Crippen LogP contribution in [0.4, 0.5) is 0 Å². The van der Waals surface area contributed by atoms with Gasteiger partial charge in [0.05, 0.1) is 21.3 Å². The molecule has 1 aliphatic rings. The van der Waals surface area contributed by atoms with Crippen LogP contribution in [0.15, 0.2) is 48.5 Å². The number of carbonyl (C=O) groups is 1. The minimum absolute atomic E-state index is 0.194. The number of rotatable bonds is 7. The van der Waals surface area contributed by atoms with E-state index in [1.807, 2.05) is 36.4 Å². The first-order chi connectivity index (χ1) is 13.1. The first-order valence-electron chi connectivity index (χ1n) is 9.21. The van der Waals surface area contributed by atoms with Gasteiger partial charge in [0.25, 0.3) is 0 Å². The molecule has 0 radical (unpaired) electrons. The van der Waals surface area contributed by atoms with Crippen LogP contribution in [0.25, 0.3) is 0 Å². The van der Waals surface area contributed by atoms with Crippen LogP contribution in [0.3, 0.4) is 0 Å². The van der Waals surface area contributed by atoms with Crippen LogP contribution in [0.1, 0.15) is 24.0 Å². The second-order valence-electron chi connectivity index (χ2n) is 6.89. The molecule has 0 aromatic heterocycles. The summed E-state index contributed by atoms with van der Waals surface area (Å²) in [5.74, 6) is 1.31. The second kappa shape index (κ2) is 8.44. The number of hydrogen-bond acceptors (Lipinski definition) is 5. The lowest BCUT2D eigenvalue weighted by atomic mass is 9.87. The Hall–Kier alpha value is -2.53. The van der Waals surface area contributed by atoms with Gasteiger partial charge in [0.2, 0.25) is 0 Å². The third kappa shape index (κ3) is 3.93. The summed E-state index contributed by atoms with van der Waals surface area (Å²) in [4.78, 5) is 15.2. The molecule has 2 aromatic carbocycles. The molecule has 0 spiro atoms. The Labute approximate surface area is 160 Å². The van der Waals surface area contributed by atoms with Gasteiger partial charge in [-0.1, -0.05) is 30.3 Å². The van der Waals surface area contributed by atoms with Gasteiger partial charge in [0.1, 0.15) is 17.0 Å². The van der Waals surface area contributed by atoms with E-state index in [9.17, 15) is 4.79 Å². The van der Waals surface area contributed by atoms with Crippen molar-refractivity contribution in [3.8, 4) is 11.5 Å². The fourth-order valence-corrected chi connectivity index (χ4v) is 4.00. The molecule has 1 heterocycles. The molecule has 0 aliphatic carbocycles. The van der Waals surface area contributed by atoms with Crippen LogP contribution in [0, 0.1) is 0 Å². The molecular weight excluding hydrogens is 342 g/mol. The highest BCUT2D eigenvalue weighted by molar-refractivity contribution is 5.82. The van der Waals surface area contributed by atoms with Crippen molar-refractivity contribution in [2.24, 2.45) is 0 Å². The number of hydrogen-bond donors (Lipinski definition) is 0. The van der Waals surface area contributed by atoms with E-state index in [4.69, 9.17) is 14.2 Å². The van der Waals surface area contributed by atoms with E-state index >= 15 is 0 Å². The predicted octanol–water partition coefficient (Wildman–Crippen LogP) is 3.45. The molecule has 0 bridgehead atoms. The van der Waals surface area contributed by atoms with Gasteiger partial charge in [-0.05, 0) is 43.1 Å². The highest BCUT2D eigenvalue weighted by Crippen LogP contribution is 2.38. The minimum atomic E-state index is -0.704. The topological polar surface area (TPSA) is 48.0 Å². The molecule has 0 amide bonds. The van der Waals surface area contributed by atoms with Crippen LogP contribution in [-0.4, -0.2) is 44.3 Å². The maximum atomic E-state index is 13.0. The van der Waals surface area contributed by atoms with Gasteiger partial charge in [-0.2, -0.15) is 0 Å². The molecular formula is C22H27NO4. The average Bonchev–Trinajstić information content (AvgIpc) is 3.11. The standard InChI is InChI=1S/C22H27NO4/c1-25-19-10-11-20(26-2)18(14-19)15-22(21(24)27-3)12-7-13-23(22)16-17-8-5-4-6-9-17/h4-6,8-11,14H,7,12-13,15-16H2,1-3H3. The van der Waals surface area contributed by atoms with Crippen molar-refractivity contribution < 1.29 is 19.0 Å². The number of benzene rings is 2. The molecule has 2 aromatic rings. The molecule has 27 heavy (non-hydrogen) atoms. The van der Waals surface area contributed by atoms with Gasteiger partial charge in [0, 0.05) is 18.5 Å². The SMILES string of the molecule is COC(=O)C1(Cc2cc(OC)ccc2OC)CCCN1Cc1ccccc1. The maximum Gasteiger partial charge on any atom is 0.326 e. The molecule has 1 unspecified atom stereocenters. The lowest BCUT2D eigenvalue weighted by Crippen LogP contribution is -2.52. The van der Waals surface area contributed by atoms with Crippen molar-refractivity contribution in [2.75, 3.05) is 27.9 Å². The number of esters is 1. The molecule has 3 rings (SSSR count). The summed E-state index contributed by atoms with van der Waals surface area (Å²) in [6.07, 6.45) is 2.23. The number of methoxy groups -OCH3 is 3. The molecule has 1 saturated heterocycles. The third-order valence-corrected chi connectivity index (χ3v) is 5.38.